The number of carbonyl (C=O) groups is 2. The van der Waals surface area contributed by atoms with Crippen LogP contribution in [0.15, 0.2) is 22.6 Å². The Kier molecular flexibility index (Phi) is 19.2. The summed E-state index contributed by atoms with van der Waals surface area (Å²) in [7, 11) is 7.09. The average molecular weight is 929 g/mol. The number of hydrogen-bond acceptors (Lipinski definition) is 17. The van der Waals surface area contributed by atoms with E-state index in [-0.39, 0.29) is 37.3 Å². The molecule has 64 heavy (non-hydrogen) atoms. The fourth-order valence-corrected chi connectivity index (χ4v) is 10.7. The normalized spacial score (nSPS) is 42.7. The molecule has 3 fully saturated rings. The van der Waals surface area contributed by atoms with Gasteiger partial charge >= 0.3 is 12.1 Å². The van der Waals surface area contributed by atoms with Gasteiger partial charge in [0.1, 0.15) is 29.5 Å². The predicted molar refractivity (Wildman–Crippen MR) is 243 cm³/mol. The molecular weight excluding hydrogens is 849 g/mol. The Hall–Kier alpha value is -2.33. The third kappa shape index (κ3) is 13.2. The molecule has 3 saturated heterocycles. The Labute approximate surface area is 385 Å². The summed E-state index contributed by atoms with van der Waals surface area (Å²) in [4.78, 5) is 32.6. The molecule has 0 aromatic carbocycles. The average Bonchev–Trinajstić information content (AvgIpc) is 3.73. The number of amides is 1. The molecular formula is C46H80N4O13S. The zero-order valence-corrected chi connectivity index (χ0v) is 41.7. The van der Waals surface area contributed by atoms with Crippen molar-refractivity contribution in [3.05, 3.63) is 22.4 Å². The van der Waals surface area contributed by atoms with Gasteiger partial charge in [-0.25, -0.2) is 10.2 Å². The fourth-order valence-electron chi connectivity index (χ4n) is 9.93. The van der Waals surface area contributed by atoms with Gasteiger partial charge in [0, 0.05) is 55.1 Å². The third-order valence-electron chi connectivity index (χ3n) is 13.7. The van der Waals surface area contributed by atoms with Crippen LogP contribution in [0.1, 0.15) is 107 Å². The number of thiophene rings is 1. The standard InChI is InChI=1S/C46H80N4O13S/c1-16-34-46(11,56)38(52)30(7)50(14)24-25(2)22-44(9,55)39(62-42-36(51)33(49(12)13)21-27(4)58-42)28(5)37(29(6)41(53)60-34)61-35-23-45(10,57-15)40(31(8)59-35)63-43(54)48-47-26(3)20-32-18-17-19-64-32/h17-19,25,27-31,33-40,42,51-52,55-56H,16,20-24H2,1-15H3,(H,48,54)/b47-26+/t25-,27-,28+,29-,30-,31+,33+,34-,35+,36-,37+,38-,39-,40?,42+,44-,45-,46-/m1/s1. The van der Waals surface area contributed by atoms with Crippen molar-refractivity contribution in [1.29, 1.82) is 0 Å². The van der Waals surface area contributed by atoms with Crippen molar-refractivity contribution in [1.82, 2.24) is 15.2 Å². The van der Waals surface area contributed by atoms with Crippen molar-refractivity contribution in [2.24, 2.45) is 22.9 Å². The van der Waals surface area contributed by atoms with Gasteiger partial charge in [0.2, 0.25) is 0 Å². The first-order valence-electron chi connectivity index (χ1n) is 22.8. The number of aliphatic hydroxyl groups is 4. The lowest BCUT2D eigenvalue weighted by Crippen LogP contribution is -2.61. The molecule has 1 aromatic heterocycles. The first-order valence-corrected chi connectivity index (χ1v) is 23.7. The number of nitrogens with zero attached hydrogens (tertiary/aromatic N) is 3. The zero-order chi connectivity index (χ0) is 48.1. The maximum atomic E-state index is 14.5. The first-order chi connectivity index (χ1) is 29.8. The highest BCUT2D eigenvalue weighted by Gasteiger charge is 2.54. The number of methoxy groups -OCH3 is 1. The lowest BCUT2D eigenvalue weighted by Gasteiger charge is -2.49. The Bertz CT molecular complexity index is 1670. The first kappa shape index (κ1) is 54.3. The maximum absolute atomic E-state index is 14.5. The molecule has 17 nitrogen and oxygen atoms in total. The van der Waals surface area contributed by atoms with Crippen LogP contribution in [0.5, 0.6) is 0 Å². The summed E-state index contributed by atoms with van der Waals surface area (Å²) in [5, 5.41) is 54.0. The summed E-state index contributed by atoms with van der Waals surface area (Å²) in [5.41, 5.74) is -1.43. The lowest BCUT2D eigenvalue weighted by atomic mass is 9.77. The minimum Gasteiger partial charge on any atom is -0.459 e. The molecule has 18 atom stereocenters. The van der Waals surface area contributed by atoms with Crippen molar-refractivity contribution in [2.45, 2.75) is 199 Å². The van der Waals surface area contributed by atoms with E-state index >= 15 is 0 Å². The highest BCUT2D eigenvalue weighted by molar-refractivity contribution is 7.10. The molecule has 4 heterocycles. The maximum Gasteiger partial charge on any atom is 0.428 e. The minimum atomic E-state index is -1.84. The summed E-state index contributed by atoms with van der Waals surface area (Å²) in [6, 6.07) is 3.07. The molecule has 0 radical (unpaired) electrons. The number of ether oxygens (including phenoxy) is 7. The van der Waals surface area contributed by atoms with Crippen LogP contribution in [0.3, 0.4) is 0 Å². The number of hydrogen-bond donors (Lipinski definition) is 5. The van der Waals surface area contributed by atoms with E-state index in [2.05, 4.69) is 10.5 Å². The largest absolute Gasteiger partial charge is 0.459 e. The molecule has 3 aliphatic rings. The van der Waals surface area contributed by atoms with E-state index in [1.807, 2.05) is 76.2 Å². The van der Waals surface area contributed by atoms with Gasteiger partial charge in [0.15, 0.2) is 18.7 Å². The van der Waals surface area contributed by atoms with E-state index in [4.69, 9.17) is 33.2 Å². The van der Waals surface area contributed by atoms with E-state index in [0.29, 0.717) is 25.1 Å². The van der Waals surface area contributed by atoms with Crippen LogP contribution in [-0.4, -0.2) is 173 Å². The van der Waals surface area contributed by atoms with E-state index in [0.717, 1.165) is 4.88 Å². The second-order valence-corrected chi connectivity index (χ2v) is 20.8. The quantitative estimate of drug-likeness (QED) is 0.119. The molecule has 5 N–H and O–H groups in total. The van der Waals surface area contributed by atoms with Gasteiger partial charge in [-0.2, -0.15) is 5.10 Å². The van der Waals surface area contributed by atoms with Crippen molar-refractivity contribution >= 4 is 29.1 Å². The highest BCUT2D eigenvalue weighted by atomic mass is 32.1. The summed E-state index contributed by atoms with van der Waals surface area (Å²) in [6.45, 7) is 19.8. The summed E-state index contributed by atoms with van der Waals surface area (Å²) >= 11 is 1.60. The van der Waals surface area contributed by atoms with E-state index < -0.39 is 102 Å². The number of aliphatic hydroxyl groups excluding tert-OH is 2. The molecule has 1 unspecified atom stereocenters. The van der Waals surface area contributed by atoms with Crippen LogP contribution in [0.4, 0.5) is 4.79 Å². The Morgan fingerprint density at radius 2 is 1.72 bits per heavy atom. The monoisotopic (exact) mass is 929 g/mol. The van der Waals surface area contributed by atoms with Gasteiger partial charge in [0.25, 0.3) is 0 Å². The second-order valence-electron chi connectivity index (χ2n) is 19.8. The van der Waals surface area contributed by atoms with Crippen LogP contribution >= 0.6 is 11.3 Å². The molecule has 368 valence electrons. The smallest absolute Gasteiger partial charge is 0.428 e. The van der Waals surface area contributed by atoms with Crippen molar-refractivity contribution in [3.8, 4) is 0 Å². The summed E-state index contributed by atoms with van der Waals surface area (Å²) in [5.74, 6) is -2.79. The van der Waals surface area contributed by atoms with Crippen LogP contribution in [0.25, 0.3) is 0 Å². The van der Waals surface area contributed by atoms with Gasteiger partial charge in [-0.15, -0.1) is 11.3 Å². The number of carbonyl (C=O) groups excluding carboxylic acids is 2. The molecule has 0 saturated carbocycles. The topological polar surface area (TPSA) is 211 Å². The van der Waals surface area contributed by atoms with Crippen LogP contribution < -0.4 is 5.43 Å². The molecule has 3 aliphatic heterocycles. The van der Waals surface area contributed by atoms with E-state index in [1.54, 1.807) is 52.9 Å². The highest BCUT2D eigenvalue weighted by Crippen LogP contribution is 2.41. The lowest BCUT2D eigenvalue weighted by molar-refractivity contribution is -0.317. The van der Waals surface area contributed by atoms with E-state index in [9.17, 15) is 30.0 Å². The molecule has 0 spiro atoms. The van der Waals surface area contributed by atoms with Gasteiger partial charge < -0.3 is 63.4 Å². The van der Waals surface area contributed by atoms with Crippen molar-refractivity contribution < 1.29 is 63.2 Å². The number of likely N-dealkylation sites (N-methyl/N-ethyl adjacent to an activating group) is 2. The molecule has 18 heteroatoms. The number of rotatable bonds is 11. The van der Waals surface area contributed by atoms with Crippen LogP contribution in [-0.2, 0) is 44.4 Å². The fraction of sp³-hybridized carbons (Fsp3) is 0.848. The van der Waals surface area contributed by atoms with Gasteiger partial charge in [-0.1, -0.05) is 26.8 Å². The molecule has 1 aromatic rings. The molecule has 1 amide bonds. The summed E-state index contributed by atoms with van der Waals surface area (Å²) < 4.78 is 44.4. The molecule has 0 aliphatic carbocycles. The minimum absolute atomic E-state index is 0.0472. The van der Waals surface area contributed by atoms with Crippen molar-refractivity contribution in [2.75, 3.05) is 34.8 Å². The summed E-state index contributed by atoms with van der Waals surface area (Å²) in [6.07, 6.45) is -9.09. The van der Waals surface area contributed by atoms with Crippen LogP contribution in [0, 0.1) is 17.8 Å². The van der Waals surface area contributed by atoms with Gasteiger partial charge in [-0.3, -0.25) is 4.79 Å². The predicted octanol–water partition coefficient (Wildman–Crippen LogP) is 4.31. The zero-order valence-electron chi connectivity index (χ0n) is 40.8. The number of esters is 1. The van der Waals surface area contributed by atoms with Crippen molar-refractivity contribution in [3.63, 3.8) is 0 Å². The Balaban J connectivity index is 1.73. The second kappa shape index (κ2) is 22.6. The number of hydrazone groups is 1. The Morgan fingerprint density at radius 3 is 2.31 bits per heavy atom. The Morgan fingerprint density at radius 1 is 1.05 bits per heavy atom. The number of nitrogens with one attached hydrogen (secondary N) is 1. The SMILES string of the molecule is CC[C@H]1OC(=O)[C@H](C)[C@@H](O[C@H]2C[C@@](C)(OC)C(OC(=O)N/N=C(\C)Cc3cccs3)[C@H](C)O2)[C@H](C)[C@@H](O[C@@H]2O[C@H](C)C[C@H](N(C)C)[C@H]2O)[C@](C)(O)C[C@@H](C)CN(C)[C@H](C)[C@@H](O)[C@]1(C)O. The van der Waals surface area contributed by atoms with Gasteiger partial charge in [-0.05, 0) is 113 Å². The third-order valence-corrected chi connectivity index (χ3v) is 14.6. The molecule has 0 bridgehead atoms. The van der Waals surface area contributed by atoms with E-state index in [1.165, 1.54) is 14.0 Å². The molecule has 4 rings (SSSR count). The number of cyclic esters (lactones) is 1. The van der Waals surface area contributed by atoms with Gasteiger partial charge in [0.05, 0.1) is 35.9 Å². The van der Waals surface area contributed by atoms with Crippen LogP contribution in [0.2, 0.25) is 0 Å².